The molecule has 1 aliphatic heterocycles. The van der Waals surface area contributed by atoms with E-state index in [1.807, 2.05) is 0 Å². The molecule has 1 aliphatic carbocycles. The SMILES string of the molecule is COc1cc(OC)cc(C(=O)Nc2nc3c(s2)CCC3C(=O)Nc2ccc3c(c2)OCCO3)c1. The van der Waals surface area contributed by atoms with Gasteiger partial charge in [0.25, 0.3) is 5.91 Å². The molecule has 0 saturated heterocycles. The molecule has 1 atom stereocenters. The average Bonchev–Trinajstić information content (AvgIpc) is 3.43. The van der Waals surface area contributed by atoms with Crippen molar-refractivity contribution in [2.45, 2.75) is 18.8 Å². The summed E-state index contributed by atoms with van der Waals surface area (Å²) in [4.78, 5) is 31.4. The number of hydrogen-bond acceptors (Lipinski definition) is 8. The predicted octanol–water partition coefficient (Wildman–Crippen LogP) is 3.85. The first-order valence-electron chi connectivity index (χ1n) is 10.8. The lowest BCUT2D eigenvalue weighted by Gasteiger charge is -2.19. The second-order valence-electron chi connectivity index (χ2n) is 7.82. The minimum atomic E-state index is -0.387. The summed E-state index contributed by atoms with van der Waals surface area (Å²) in [5, 5.41) is 6.23. The van der Waals surface area contributed by atoms with Gasteiger partial charge in [0.2, 0.25) is 5.91 Å². The van der Waals surface area contributed by atoms with Crippen LogP contribution in [-0.4, -0.2) is 44.2 Å². The Bertz CT molecular complexity index is 1240. The molecular formula is C24H23N3O6S. The maximum absolute atomic E-state index is 13.0. The van der Waals surface area contributed by atoms with E-state index in [9.17, 15) is 9.59 Å². The molecule has 34 heavy (non-hydrogen) atoms. The van der Waals surface area contributed by atoms with Crippen molar-refractivity contribution < 1.29 is 28.5 Å². The van der Waals surface area contributed by atoms with Crippen LogP contribution in [0.2, 0.25) is 0 Å². The molecule has 2 aliphatic rings. The van der Waals surface area contributed by atoms with Gasteiger partial charge in [0, 0.05) is 28.3 Å². The second-order valence-corrected chi connectivity index (χ2v) is 8.91. The first-order valence-corrected chi connectivity index (χ1v) is 11.6. The summed E-state index contributed by atoms with van der Waals surface area (Å²) < 4.78 is 21.6. The van der Waals surface area contributed by atoms with E-state index in [0.29, 0.717) is 64.7 Å². The number of ether oxygens (including phenoxy) is 4. The molecule has 176 valence electrons. The van der Waals surface area contributed by atoms with Crippen LogP contribution < -0.4 is 29.6 Å². The summed E-state index contributed by atoms with van der Waals surface area (Å²) in [5.74, 6) is 1.45. The molecule has 2 N–H and O–H groups in total. The Labute approximate surface area is 200 Å². The van der Waals surface area contributed by atoms with Gasteiger partial charge in [-0.25, -0.2) is 4.98 Å². The summed E-state index contributed by atoms with van der Waals surface area (Å²) in [6.07, 6.45) is 1.40. The monoisotopic (exact) mass is 481 g/mol. The van der Waals surface area contributed by atoms with Crippen molar-refractivity contribution in [3.05, 3.63) is 52.5 Å². The van der Waals surface area contributed by atoms with Gasteiger partial charge < -0.3 is 24.3 Å². The highest BCUT2D eigenvalue weighted by Crippen LogP contribution is 2.40. The van der Waals surface area contributed by atoms with Crippen molar-refractivity contribution in [1.29, 1.82) is 0 Å². The zero-order chi connectivity index (χ0) is 23.7. The number of benzene rings is 2. The fraction of sp³-hybridized carbons (Fsp3) is 0.292. The zero-order valence-electron chi connectivity index (χ0n) is 18.7. The molecule has 0 radical (unpaired) electrons. The topological polar surface area (TPSA) is 108 Å². The second kappa shape index (κ2) is 9.22. The maximum atomic E-state index is 13.0. The number of aromatic nitrogens is 1. The summed E-state index contributed by atoms with van der Waals surface area (Å²) >= 11 is 1.39. The molecule has 2 aromatic carbocycles. The number of nitrogens with one attached hydrogen (secondary N) is 2. The van der Waals surface area contributed by atoms with Gasteiger partial charge >= 0.3 is 0 Å². The Balaban J connectivity index is 1.29. The molecule has 3 aromatic rings. The van der Waals surface area contributed by atoms with E-state index in [1.54, 1.807) is 36.4 Å². The van der Waals surface area contributed by atoms with Crippen LogP contribution in [0.15, 0.2) is 36.4 Å². The number of rotatable bonds is 6. The standard InChI is InChI=1S/C24H23N3O6S/c1-30-15-9-13(10-16(12-15)31-2)22(28)27-24-26-21-17(4-6-20(21)34-24)23(29)25-14-3-5-18-19(11-14)33-8-7-32-18/h3,5,9-12,17H,4,6-8H2,1-2H3,(H,25,29)(H,26,27,28). The molecule has 1 aromatic heterocycles. The van der Waals surface area contributed by atoms with Gasteiger partial charge in [-0.05, 0) is 37.1 Å². The van der Waals surface area contributed by atoms with E-state index in [1.165, 1.54) is 25.6 Å². The first kappa shape index (κ1) is 22.0. The van der Waals surface area contributed by atoms with Crippen LogP contribution in [0.5, 0.6) is 23.0 Å². The number of fused-ring (bicyclic) bond motifs is 2. The Hall–Kier alpha value is -3.79. The minimum Gasteiger partial charge on any atom is -0.497 e. The summed E-state index contributed by atoms with van der Waals surface area (Å²) in [6.45, 7) is 0.990. The van der Waals surface area contributed by atoms with Gasteiger partial charge in [0.15, 0.2) is 16.6 Å². The summed E-state index contributed by atoms with van der Waals surface area (Å²) in [5.41, 5.74) is 1.73. The van der Waals surface area contributed by atoms with Crippen molar-refractivity contribution in [1.82, 2.24) is 4.98 Å². The number of methoxy groups -OCH3 is 2. The number of anilines is 2. The Morgan fingerprint density at radius 2 is 1.74 bits per heavy atom. The van der Waals surface area contributed by atoms with Crippen LogP contribution in [-0.2, 0) is 11.2 Å². The van der Waals surface area contributed by atoms with Crippen LogP contribution in [0.25, 0.3) is 0 Å². The van der Waals surface area contributed by atoms with Crippen molar-refractivity contribution >= 4 is 34.0 Å². The number of nitrogens with zero attached hydrogens (tertiary/aromatic N) is 1. The summed E-state index contributed by atoms with van der Waals surface area (Å²) in [6, 6.07) is 10.3. The first-order chi connectivity index (χ1) is 16.5. The third-order valence-electron chi connectivity index (χ3n) is 5.68. The van der Waals surface area contributed by atoms with Crippen molar-refractivity contribution in [3.8, 4) is 23.0 Å². The van der Waals surface area contributed by atoms with Crippen LogP contribution in [0.1, 0.15) is 33.3 Å². The van der Waals surface area contributed by atoms with E-state index >= 15 is 0 Å². The molecule has 2 heterocycles. The predicted molar refractivity (Wildman–Crippen MR) is 127 cm³/mol. The third kappa shape index (κ3) is 4.36. The molecule has 0 fully saturated rings. The normalized spacial score (nSPS) is 15.9. The van der Waals surface area contributed by atoms with Crippen molar-refractivity contribution in [2.75, 3.05) is 38.1 Å². The molecule has 0 saturated carbocycles. The number of carbonyl (C=O) groups excluding carboxylic acids is 2. The quantitative estimate of drug-likeness (QED) is 0.551. The van der Waals surface area contributed by atoms with Gasteiger partial charge in [0.05, 0.1) is 25.8 Å². The van der Waals surface area contributed by atoms with Gasteiger partial charge in [-0.2, -0.15) is 0 Å². The average molecular weight is 482 g/mol. The fourth-order valence-electron chi connectivity index (χ4n) is 3.99. The highest BCUT2D eigenvalue weighted by molar-refractivity contribution is 7.16. The van der Waals surface area contributed by atoms with Crippen LogP contribution >= 0.6 is 11.3 Å². The highest BCUT2D eigenvalue weighted by Gasteiger charge is 2.33. The fourth-order valence-corrected chi connectivity index (χ4v) is 5.03. The zero-order valence-corrected chi connectivity index (χ0v) is 19.5. The number of amides is 2. The van der Waals surface area contributed by atoms with E-state index < -0.39 is 0 Å². The van der Waals surface area contributed by atoms with Gasteiger partial charge in [-0.1, -0.05) is 0 Å². The molecule has 9 nitrogen and oxygen atoms in total. The van der Waals surface area contributed by atoms with Crippen LogP contribution in [0.4, 0.5) is 10.8 Å². The number of carbonyl (C=O) groups is 2. The highest BCUT2D eigenvalue weighted by atomic mass is 32.1. The smallest absolute Gasteiger partial charge is 0.257 e. The van der Waals surface area contributed by atoms with Crippen molar-refractivity contribution in [3.63, 3.8) is 0 Å². The van der Waals surface area contributed by atoms with Crippen LogP contribution in [0.3, 0.4) is 0 Å². The largest absolute Gasteiger partial charge is 0.497 e. The lowest BCUT2D eigenvalue weighted by Crippen LogP contribution is -2.20. The van der Waals surface area contributed by atoms with E-state index in [0.717, 1.165) is 11.3 Å². The number of aryl methyl sites for hydroxylation is 1. The third-order valence-corrected chi connectivity index (χ3v) is 6.72. The van der Waals surface area contributed by atoms with E-state index in [4.69, 9.17) is 18.9 Å². The molecule has 10 heteroatoms. The number of hydrogen-bond donors (Lipinski definition) is 2. The lowest BCUT2D eigenvalue weighted by atomic mass is 10.1. The molecule has 1 unspecified atom stereocenters. The van der Waals surface area contributed by atoms with Crippen LogP contribution in [0, 0.1) is 0 Å². The minimum absolute atomic E-state index is 0.142. The maximum Gasteiger partial charge on any atom is 0.257 e. The molecule has 5 rings (SSSR count). The Morgan fingerprint density at radius 3 is 2.47 bits per heavy atom. The van der Waals surface area contributed by atoms with E-state index in [-0.39, 0.29) is 17.7 Å². The van der Waals surface area contributed by atoms with Crippen molar-refractivity contribution in [2.24, 2.45) is 0 Å². The van der Waals surface area contributed by atoms with Gasteiger partial charge in [0.1, 0.15) is 24.7 Å². The van der Waals surface area contributed by atoms with Gasteiger partial charge in [-0.15, -0.1) is 11.3 Å². The Kier molecular flexibility index (Phi) is 5.97. The molecule has 2 amide bonds. The Morgan fingerprint density at radius 1 is 1.00 bits per heavy atom. The summed E-state index contributed by atoms with van der Waals surface area (Å²) in [7, 11) is 3.05. The molecular weight excluding hydrogens is 458 g/mol. The van der Waals surface area contributed by atoms with Gasteiger partial charge in [-0.3, -0.25) is 14.9 Å². The number of thiazole rings is 1. The molecule has 0 spiro atoms. The molecule has 0 bridgehead atoms. The van der Waals surface area contributed by atoms with E-state index in [2.05, 4.69) is 15.6 Å². The lowest BCUT2D eigenvalue weighted by molar-refractivity contribution is -0.117.